The van der Waals surface area contributed by atoms with E-state index in [0.29, 0.717) is 49.1 Å². The zero-order valence-corrected chi connectivity index (χ0v) is 22.1. The fraction of sp³-hybridized carbons (Fsp3) is 0.417. The molecule has 204 valence electrons. The third-order valence-electron chi connectivity index (χ3n) is 6.39. The summed E-state index contributed by atoms with van der Waals surface area (Å²) in [6.07, 6.45) is 4.89. The first kappa shape index (κ1) is 27.0. The van der Waals surface area contributed by atoms with Crippen LogP contribution in [0.3, 0.4) is 0 Å². The van der Waals surface area contributed by atoms with E-state index in [-0.39, 0.29) is 34.6 Å². The summed E-state index contributed by atoms with van der Waals surface area (Å²) in [5.74, 6) is 0.404. The van der Waals surface area contributed by atoms with E-state index in [1.807, 2.05) is 0 Å². The molecule has 0 aliphatic carbocycles. The summed E-state index contributed by atoms with van der Waals surface area (Å²) in [5, 5.41) is 13.0. The number of carbonyl (C=O) groups excluding carboxylic acids is 2. The van der Waals surface area contributed by atoms with E-state index in [1.54, 1.807) is 49.4 Å². The van der Waals surface area contributed by atoms with Crippen molar-refractivity contribution in [1.82, 2.24) is 20.4 Å². The molecule has 0 saturated carbocycles. The molecule has 6 N–H and O–H groups in total. The minimum Gasteiger partial charge on any atom is -0.491 e. The Balaban J connectivity index is 1.61. The third-order valence-corrected chi connectivity index (χ3v) is 7.68. The molecule has 3 heterocycles. The maximum absolute atomic E-state index is 12.4. The summed E-state index contributed by atoms with van der Waals surface area (Å²) in [7, 11) is -3.57. The van der Waals surface area contributed by atoms with Gasteiger partial charge in [0.25, 0.3) is 5.91 Å². The molecule has 2 aliphatic heterocycles. The molecule has 38 heavy (non-hydrogen) atoms. The number of sulfonamides is 1. The van der Waals surface area contributed by atoms with E-state index < -0.39 is 15.9 Å². The largest absolute Gasteiger partial charge is 0.491 e. The molecule has 2 amide bonds. The van der Waals surface area contributed by atoms with Crippen LogP contribution in [0.1, 0.15) is 37.0 Å². The van der Waals surface area contributed by atoms with Gasteiger partial charge in [0.1, 0.15) is 17.1 Å². The van der Waals surface area contributed by atoms with Gasteiger partial charge in [0.15, 0.2) is 5.82 Å². The number of rotatable bonds is 10. The Hall–Kier alpha value is -4.07. The van der Waals surface area contributed by atoms with Crippen LogP contribution < -0.4 is 25.8 Å². The van der Waals surface area contributed by atoms with Crippen LogP contribution in [0.25, 0.3) is 11.3 Å². The van der Waals surface area contributed by atoms with Crippen LogP contribution in [0, 0.1) is 5.92 Å². The van der Waals surface area contributed by atoms with E-state index in [0.717, 1.165) is 12.8 Å². The quantitative estimate of drug-likeness (QED) is 0.298. The zero-order chi connectivity index (χ0) is 27.3. The summed E-state index contributed by atoms with van der Waals surface area (Å²) in [5.41, 5.74) is 6.97. The molecule has 1 aromatic carbocycles. The van der Waals surface area contributed by atoms with Gasteiger partial charge in [0.05, 0.1) is 23.7 Å². The van der Waals surface area contributed by atoms with Gasteiger partial charge in [-0.2, -0.15) is 5.10 Å². The number of benzene rings is 1. The molecule has 14 heteroatoms. The molecular weight excluding hydrogens is 512 g/mol. The van der Waals surface area contributed by atoms with Crippen molar-refractivity contribution in [2.24, 2.45) is 16.6 Å². The number of hydrogen-bond acceptors (Lipinski definition) is 9. The number of aliphatic imine (C=N–C) groups is 1. The number of carbonyl (C=O) groups is 2. The van der Waals surface area contributed by atoms with E-state index in [1.165, 1.54) is 0 Å². The highest BCUT2D eigenvalue weighted by atomic mass is 32.2. The first-order valence-corrected chi connectivity index (χ1v) is 14.0. The first-order chi connectivity index (χ1) is 18.2. The van der Waals surface area contributed by atoms with Crippen molar-refractivity contribution in [2.75, 3.05) is 42.0 Å². The summed E-state index contributed by atoms with van der Waals surface area (Å²) < 4.78 is 33.3. The lowest BCUT2D eigenvalue weighted by atomic mass is 9.98. The highest BCUT2D eigenvalue weighted by molar-refractivity contribution is 7.92. The Labute approximate surface area is 221 Å². The van der Waals surface area contributed by atoms with Crippen LogP contribution in [0.2, 0.25) is 0 Å². The fourth-order valence-corrected chi connectivity index (χ4v) is 4.85. The monoisotopic (exact) mass is 544 g/mol. The molecule has 13 nitrogen and oxygen atoms in total. The average Bonchev–Trinajstić information content (AvgIpc) is 3.32. The van der Waals surface area contributed by atoms with Crippen LogP contribution in [0.4, 0.5) is 11.5 Å². The second-order valence-electron chi connectivity index (χ2n) is 9.04. The number of primary amides is 1. The number of ether oxygens (including phenoxy) is 1. The predicted molar refractivity (Wildman–Crippen MR) is 144 cm³/mol. The number of amides is 2. The fourth-order valence-electron chi connectivity index (χ4n) is 4.20. The number of H-pyrrole nitrogens is 1. The van der Waals surface area contributed by atoms with Crippen LogP contribution in [-0.2, 0) is 14.8 Å². The highest BCUT2D eigenvalue weighted by Gasteiger charge is 2.24. The summed E-state index contributed by atoms with van der Waals surface area (Å²) in [6, 6.07) is 4.86. The van der Waals surface area contributed by atoms with Crippen molar-refractivity contribution in [1.29, 1.82) is 0 Å². The first-order valence-electron chi connectivity index (χ1n) is 12.3. The summed E-state index contributed by atoms with van der Waals surface area (Å²) >= 11 is 0. The smallest absolute Gasteiger partial charge is 0.254 e. The topological polar surface area (TPSA) is 184 Å². The maximum atomic E-state index is 12.4. The molecule has 1 saturated heterocycles. The van der Waals surface area contributed by atoms with Gasteiger partial charge < -0.3 is 26.0 Å². The van der Waals surface area contributed by atoms with Crippen molar-refractivity contribution < 1.29 is 22.7 Å². The van der Waals surface area contributed by atoms with Gasteiger partial charge in [0.2, 0.25) is 15.9 Å². The van der Waals surface area contributed by atoms with Gasteiger partial charge >= 0.3 is 0 Å². The molecular formula is C24H32N8O5S. The summed E-state index contributed by atoms with van der Waals surface area (Å²) in [6.45, 7) is 5.34. The second kappa shape index (κ2) is 11.5. The van der Waals surface area contributed by atoms with E-state index >= 15 is 0 Å². The lowest BCUT2D eigenvalue weighted by molar-refractivity contribution is -0.130. The molecule has 0 radical (unpaired) electrons. The molecule has 0 atom stereocenters. The number of anilines is 2. The van der Waals surface area contributed by atoms with Crippen molar-refractivity contribution in [3.8, 4) is 17.0 Å². The number of piperidine rings is 1. The molecule has 2 aliphatic rings. The van der Waals surface area contributed by atoms with E-state index in [9.17, 15) is 18.0 Å². The lowest BCUT2D eigenvalue weighted by Gasteiger charge is -2.31. The van der Waals surface area contributed by atoms with Gasteiger partial charge in [-0.15, -0.1) is 0 Å². The second-order valence-corrected chi connectivity index (χ2v) is 11.0. The van der Waals surface area contributed by atoms with Crippen molar-refractivity contribution in [3.63, 3.8) is 0 Å². The number of aromatic nitrogens is 2. The number of hydrogen-bond donors (Lipinski definition) is 5. The van der Waals surface area contributed by atoms with Gasteiger partial charge in [-0.05, 0) is 37.8 Å². The van der Waals surface area contributed by atoms with Crippen molar-refractivity contribution in [3.05, 3.63) is 35.8 Å². The Kier molecular flexibility index (Phi) is 8.20. The number of likely N-dealkylation sites (tertiary alicyclic amines) is 1. The molecule has 2 aromatic rings. The molecule has 4 rings (SSSR count). The molecule has 0 spiro atoms. The third kappa shape index (κ3) is 6.43. The minimum atomic E-state index is -3.57. The SMILES string of the molecule is CCS(=O)(=O)Nc1ccc(-c2[nH]nc(NC3=CNCC=N3)c2C(N)=O)cc1OCC1CCN(C(C)=O)CC1. The molecule has 0 unspecified atom stereocenters. The Morgan fingerprint density at radius 3 is 2.66 bits per heavy atom. The van der Waals surface area contributed by atoms with Crippen LogP contribution in [0.5, 0.6) is 5.75 Å². The lowest BCUT2D eigenvalue weighted by Crippen LogP contribution is -2.38. The molecule has 1 fully saturated rings. The van der Waals surface area contributed by atoms with Gasteiger partial charge in [-0.3, -0.25) is 19.4 Å². The minimum absolute atomic E-state index is 0.0508. The van der Waals surface area contributed by atoms with Crippen LogP contribution in [-0.4, -0.2) is 73.5 Å². The molecule has 0 bridgehead atoms. The number of aromatic amines is 1. The highest BCUT2D eigenvalue weighted by Crippen LogP contribution is 2.35. The zero-order valence-electron chi connectivity index (χ0n) is 21.3. The normalized spacial score (nSPS) is 15.9. The standard InChI is InChI=1S/C24H32N8O5S/c1-3-38(35,36)31-18-5-4-17(12-19(18)37-14-16-6-10-32(11-7-16)15(2)33)22-21(23(25)34)24(30-29-22)28-20-13-26-8-9-27-20/h4-5,9,12-13,16,26,31H,3,6-8,10-11,14H2,1-2H3,(H2,25,34)(H2,28,29,30). The average molecular weight is 545 g/mol. The van der Waals surface area contributed by atoms with E-state index in [4.69, 9.17) is 10.5 Å². The van der Waals surface area contributed by atoms with Gasteiger partial charge in [-0.25, -0.2) is 13.4 Å². The Morgan fingerprint density at radius 1 is 1.26 bits per heavy atom. The number of nitrogens with zero attached hydrogens (tertiary/aromatic N) is 3. The van der Waals surface area contributed by atoms with Gasteiger partial charge in [-0.1, -0.05) is 6.07 Å². The van der Waals surface area contributed by atoms with Crippen molar-refractivity contribution >= 4 is 39.6 Å². The maximum Gasteiger partial charge on any atom is 0.254 e. The Morgan fingerprint density at radius 2 is 2.03 bits per heavy atom. The molecule has 1 aromatic heterocycles. The van der Waals surface area contributed by atoms with E-state index in [2.05, 4.69) is 30.5 Å². The van der Waals surface area contributed by atoms with Crippen LogP contribution in [0.15, 0.2) is 35.2 Å². The predicted octanol–water partition coefficient (Wildman–Crippen LogP) is 1.46. The van der Waals surface area contributed by atoms with Crippen molar-refractivity contribution in [2.45, 2.75) is 26.7 Å². The number of nitrogens with two attached hydrogens (primary N) is 1. The Bertz CT molecular complexity index is 1360. The summed E-state index contributed by atoms with van der Waals surface area (Å²) in [4.78, 5) is 30.0. The van der Waals surface area contributed by atoms with Gasteiger partial charge in [0, 0.05) is 44.5 Å². The number of nitrogens with one attached hydrogen (secondary N) is 4. The van der Waals surface area contributed by atoms with Crippen LogP contribution >= 0.6 is 0 Å².